The van der Waals surface area contributed by atoms with Crippen LogP contribution in [0.3, 0.4) is 0 Å². The maximum absolute atomic E-state index is 12.6. The van der Waals surface area contributed by atoms with Gasteiger partial charge in [0.05, 0.1) is 27.1 Å². The third kappa shape index (κ3) is 5.21. The number of carbonyl (C=O) groups excluding carboxylic acids is 3. The molecule has 1 aromatic rings. The molecule has 0 N–H and O–H groups in total. The number of piperazine rings is 1. The van der Waals surface area contributed by atoms with Gasteiger partial charge in [-0.2, -0.15) is 0 Å². The summed E-state index contributed by atoms with van der Waals surface area (Å²) in [6.45, 7) is 3.94. The number of esters is 1. The summed E-state index contributed by atoms with van der Waals surface area (Å²) in [6.07, 6.45) is 0.504. The molecule has 0 spiro atoms. The first-order valence-electron chi connectivity index (χ1n) is 8.70. The van der Waals surface area contributed by atoms with Crippen LogP contribution in [-0.4, -0.2) is 68.0 Å². The Morgan fingerprint density at radius 2 is 1.58 bits per heavy atom. The van der Waals surface area contributed by atoms with Crippen molar-refractivity contribution in [1.29, 1.82) is 0 Å². The molecule has 0 radical (unpaired) electrons. The summed E-state index contributed by atoms with van der Waals surface area (Å²) >= 11 is 0. The predicted octanol–water partition coefficient (Wildman–Crippen LogP) is 1.17. The molecule has 2 amide bonds. The first-order chi connectivity index (χ1) is 12.4. The lowest BCUT2D eigenvalue weighted by atomic mass is 10.1. The lowest BCUT2D eigenvalue weighted by Crippen LogP contribution is -2.51. The standard InChI is InChI=1S/C19H26N2O5/c1-14-4-5-16(25-2)15(12-14)13-18(23)21-10-8-20(9-11-21)17(22)6-7-19(24)26-3/h4-5,12H,6-11,13H2,1-3H3. The Labute approximate surface area is 153 Å². The number of nitrogens with zero attached hydrogens (tertiary/aromatic N) is 2. The minimum atomic E-state index is -0.390. The number of hydrogen-bond acceptors (Lipinski definition) is 5. The molecule has 0 aliphatic carbocycles. The van der Waals surface area contributed by atoms with E-state index in [0.29, 0.717) is 31.9 Å². The molecule has 1 saturated heterocycles. The molecule has 0 aromatic heterocycles. The minimum absolute atomic E-state index is 0.0237. The quantitative estimate of drug-likeness (QED) is 0.710. The van der Waals surface area contributed by atoms with E-state index in [0.717, 1.165) is 11.1 Å². The van der Waals surface area contributed by atoms with E-state index in [-0.39, 0.29) is 37.0 Å². The molecule has 0 atom stereocenters. The highest BCUT2D eigenvalue weighted by molar-refractivity contribution is 5.82. The van der Waals surface area contributed by atoms with Gasteiger partial charge in [0.15, 0.2) is 0 Å². The van der Waals surface area contributed by atoms with Crippen LogP contribution in [-0.2, 0) is 25.5 Å². The fourth-order valence-corrected chi connectivity index (χ4v) is 2.99. The Bertz CT molecular complexity index is 666. The minimum Gasteiger partial charge on any atom is -0.496 e. The molecule has 1 fully saturated rings. The van der Waals surface area contributed by atoms with Gasteiger partial charge < -0.3 is 19.3 Å². The number of ether oxygens (including phenoxy) is 2. The van der Waals surface area contributed by atoms with Gasteiger partial charge in [0.1, 0.15) is 5.75 Å². The third-order valence-electron chi connectivity index (χ3n) is 4.53. The number of carbonyl (C=O) groups is 3. The van der Waals surface area contributed by atoms with Crippen molar-refractivity contribution in [1.82, 2.24) is 9.80 Å². The van der Waals surface area contributed by atoms with Gasteiger partial charge in [-0.1, -0.05) is 17.7 Å². The Kier molecular flexibility index (Phi) is 7.00. The predicted molar refractivity (Wildman–Crippen MR) is 95.8 cm³/mol. The second-order valence-corrected chi connectivity index (χ2v) is 6.33. The van der Waals surface area contributed by atoms with E-state index in [1.807, 2.05) is 25.1 Å². The normalized spacial score (nSPS) is 14.1. The van der Waals surface area contributed by atoms with E-state index < -0.39 is 0 Å². The molecule has 0 bridgehead atoms. The number of amides is 2. The number of benzene rings is 1. The van der Waals surface area contributed by atoms with Gasteiger partial charge in [-0.05, 0) is 13.0 Å². The van der Waals surface area contributed by atoms with Crippen molar-refractivity contribution in [2.75, 3.05) is 40.4 Å². The molecule has 1 aromatic carbocycles. The number of rotatable bonds is 6. The third-order valence-corrected chi connectivity index (χ3v) is 4.53. The number of methoxy groups -OCH3 is 2. The fraction of sp³-hybridized carbons (Fsp3) is 0.526. The second kappa shape index (κ2) is 9.22. The van der Waals surface area contributed by atoms with Crippen molar-refractivity contribution in [3.05, 3.63) is 29.3 Å². The first-order valence-corrected chi connectivity index (χ1v) is 8.70. The van der Waals surface area contributed by atoms with E-state index >= 15 is 0 Å². The van der Waals surface area contributed by atoms with Crippen molar-refractivity contribution >= 4 is 17.8 Å². The average molecular weight is 362 g/mol. The van der Waals surface area contributed by atoms with Gasteiger partial charge in [0, 0.05) is 38.2 Å². The Hall–Kier alpha value is -2.57. The molecule has 26 heavy (non-hydrogen) atoms. The highest BCUT2D eigenvalue weighted by Crippen LogP contribution is 2.21. The molecular weight excluding hydrogens is 336 g/mol. The molecule has 7 nitrogen and oxygen atoms in total. The van der Waals surface area contributed by atoms with Crippen molar-refractivity contribution in [3.8, 4) is 5.75 Å². The number of hydrogen-bond donors (Lipinski definition) is 0. The zero-order valence-corrected chi connectivity index (χ0v) is 15.6. The van der Waals surface area contributed by atoms with E-state index in [2.05, 4.69) is 4.74 Å². The molecular formula is C19H26N2O5. The van der Waals surface area contributed by atoms with E-state index in [4.69, 9.17) is 4.74 Å². The summed E-state index contributed by atoms with van der Waals surface area (Å²) in [5, 5.41) is 0. The lowest BCUT2D eigenvalue weighted by Gasteiger charge is -2.35. The monoisotopic (exact) mass is 362 g/mol. The molecule has 1 aliphatic rings. The molecule has 2 rings (SSSR count). The van der Waals surface area contributed by atoms with Crippen molar-refractivity contribution in [2.45, 2.75) is 26.2 Å². The van der Waals surface area contributed by atoms with Gasteiger partial charge in [0.25, 0.3) is 0 Å². The molecule has 1 heterocycles. The first kappa shape index (κ1) is 19.8. The van der Waals surface area contributed by atoms with Gasteiger partial charge in [-0.3, -0.25) is 14.4 Å². The Morgan fingerprint density at radius 1 is 0.962 bits per heavy atom. The van der Waals surface area contributed by atoms with Crippen LogP contribution in [0.2, 0.25) is 0 Å². The molecule has 1 aliphatic heterocycles. The maximum atomic E-state index is 12.6. The van der Waals surface area contributed by atoms with Crippen LogP contribution in [0.4, 0.5) is 0 Å². The lowest BCUT2D eigenvalue weighted by molar-refractivity contribution is -0.144. The molecule has 142 valence electrons. The largest absolute Gasteiger partial charge is 0.496 e. The van der Waals surface area contributed by atoms with Gasteiger partial charge in [-0.25, -0.2) is 0 Å². The van der Waals surface area contributed by atoms with E-state index in [1.54, 1.807) is 16.9 Å². The zero-order valence-electron chi connectivity index (χ0n) is 15.6. The van der Waals surface area contributed by atoms with E-state index in [9.17, 15) is 14.4 Å². The molecule has 7 heteroatoms. The maximum Gasteiger partial charge on any atom is 0.306 e. The summed E-state index contributed by atoms with van der Waals surface area (Å²) in [5.41, 5.74) is 1.95. The summed E-state index contributed by atoms with van der Waals surface area (Å²) in [5.74, 6) is 0.262. The number of aryl methyl sites for hydroxylation is 1. The van der Waals surface area contributed by atoms with Gasteiger partial charge >= 0.3 is 5.97 Å². The smallest absolute Gasteiger partial charge is 0.306 e. The zero-order chi connectivity index (χ0) is 19.1. The molecule has 0 saturated carbocycles. The van der Waals surface area contributed by atoms with Crippen LogP contribution in [0.15, 0.2) is 18.2 Å². The van der Waals surface area contributed by atoms with E-state index in [1.165, 1.54) is 7.11 Å². The Morgan fingerprint density at radius 3 is 2.15 bits per heavy atom. The summed E-state index contributed by atoms with van der Waals surface area (Å²) in [7, 11) is 2.90. The summed E-state index contributed by atoms with van der Waals surface area (Å²) < 4.78 is 9.88. The highest BCUT2D eigenvalue weighted by atomic mass is 16.5. The van der Waals surface area contributed by atoms with Gasteiger partial charge in [0.2, 0.25) is 11.8 Å². The van der Waals surface area contributed by atoms with Crippen molar-refractivity contribution in [2.24, 2.45) is 0 Å². The van der Waals surface area contributed by atoms with Crippen molar-refractivity contribution < 1.29 is 23.9 Å². The van der Waals surface area contributed by atoms with Crippen LogP contribution in [0, 0.1) is 6.92 Å². The van der Waals surface area contributed by atoms with Crippen molar-refractivity contribution in [3.63, 3.8) is 0 Å². The van der Waals surface area contributed by atoms with Crippen LogP contribution in [0.25, 0.3) is 0 Å². The van der Waals surface area contributed by atoms with Crippen LogP contribution in [0.5, 0.6) is 5.75 Å². The summed E-state index contributed by atoms with van der Waals surface area (Å²) in [6, 6.07) is 5.78. The molecule has 0 unspecified atom stereocenters. The highest BCUT2D eigenvalue weighted by Gasteiger charge is 2.25. The fourth-order valence-electron chi connectivity index (χ4n) is 2.99. The van der Waals surface area contributed by atoms with Crippen LogP contribution < -0.4 is 4.74 Å². The topological polar surface area (TPSA) is 76.2 Å². The average Bonchev–Trinajstić information content (AvgIpc) is 2.66. The van der Waals surface area contributed by atoms with Crippen LogP contribution >= 0.6 is 0 Å². The van der Waals surface area contributed by atoms with Gasteiger partial charge in [-0.15, -0.1) is 0 Å². The Balaban J connectivity index is 1.86. The summed E-state index contributed by atoms with van der Waals surface area (Å²) in [4.78, 5) is 39.3. The van der Waals surface area contributed by atoms with Crippen LogP contribution in [0.1, 0.15) is 24.0 Å². The second-order valence-electron chi connectivity index (χ2n) is 6.33. The SMILES string of the molecule is COC(=O)CCC(=O)N1CCN(C(=O)Cc2cc(C)ccc2OC)CC1.